The van der Waals surface area contributed by atoms with Gasteiger partial charge in [0.25, 0.3) is 5.91 Å². The van der Waals surface area contributed by atoms with Crippen molar-refractivity contribution in [1.29, 1.82) is 5.26 Å². The maximum Gasteiger partial charge on any atom is 0.259 e. The largest absolute Gasteiger partial charge is 0.339 e. The first kappa shape index (κ1) is 18.2. The molecule has 1 aromatic heterocycles. The standard InChI is InChI=1S/C22H20N4O/c1-3-26(19-9-6-7-16(2)13-19)22(27)18-11-12-21(24-15-18)25-20-10-5-4-8-17(20)14-23/h4-13,15H,3H2,1-2H3,(H,24,25). The zero-order chi connectivity index (χ0) is 19.2. The SMILES string of the molecule is CCN(C(=O)c1ccc(Nc2ccccc2C#N)nc1)c1cccc(C)c1. The Kier molecular flexibility index (Phi) is 5.48. The molecule has 1 N–H and O–H groups in total. The van der Waals surface area contributed by atoms with Crippen molar-refractivity contribution in [1.82, 2.24) is 4.98 Å². The van der Waals surface area contributed by atoms with E-state index in [1.54, 1.807) is 29.3 Å². The van der Waals surface area contributed by atoms with Gasteiger partial charge in [-0.1, -0.05) is 24.3 Å². The Morgan fingerprint density at radius 1 is 1.15 bits per heavy atom. The van der Waals surface area contributed by atoms with E-state index < -0.39 is 0 Å². The molecule has 3 aromatic rings. The smallest absolute Gasteiger partial charge is 0.259 e. The fraction of sp³-hybridized carbons (Fsp3) is 0.136. The molecule has 0 radical (unpaired) electrons. The number of nitrogens with one attached hydrogen (secondary N) is 1. The van der Waals surface area contributed by atoms with Crippen LogP contribution < -0.4 is 10.2 Å². The molecule has 5 nitrogen and oxygen atoms in total. The van der Waals surface area contributed by atoms with Crippen molar-refractivity contribution in [3.8, 4) is 6.07 Å². The Balaban J connectivity index is 1.80. The summed E-state index contributed by atoms with van der Waals surface area (Å²) < 4.78 is 0. The van der Waals surface area contributed by atoms with Crippen LogP contribution in [0.1, 0.15) is 28.4 Å². The van der Waals surface area contributed by atoms with E-state index in [2.05, 4.69) is 16.4 Å². The fourth-order valence-corrected chi connectivity index (χ4v) is 2.82. The molecule has 134 valence electrons. The number of aryl methyl sites for hydroxylation is 1. The first-order chi connectivity index (χ1) is 13.1. The number of carbonyl (C=O) groups excluding carboxylic acids is 1. The highest BCUT2D eigenvalue weighted by Crippen LogP contribution is 2.21. The van der Waals surface area contributed by atoms with E-state index in [1.807, 2.05) is 56.3 Å². The predicted octanol–water partition coefficient (Wildman–Crippen LogP) is 4.67. The van der Waals surface area contributed by atoms with Gasteiger partial charge in [-0.2, -0.15) is 5.26 Å². The molecular weight excluding hydrogens is 336 g/mol. The highest BCUT2D eigenvalue weighted by Gasteiger charge is 2.16. The van der Waals surface area contributed by atoms with Gasteiger partial charge in [-0.3, -0.25) is 4.79 Å². The van der Waals surface area contributed by atoms with E-state index in [-0.39, 0.29) is 5.91 Å². The van der Waals surface area contributed by atoms with Crippen molar-refractivity contribution in [2.45, 2.75) is 13.8 Å². The predicted molar refractivity (Wildman–Crippen MR) is 107 cm³/mol. The van der Waals surface area contributed by atoms with Gasteiger partial charge in [0.2, 0.25) is 0 Å². The number of para-hydroxylation sites is 1. The van der Waals surface area contributed by atoms with Crippen LogP contribution in [0.2, 0.25) is 0 Å². The van der Waals surface area contributed by atoms with Crippen LogP contribution in [0, 0.1) is 18.3 Å². The summed E-state index contributed by atoms with van der Waals surface area (Å²) >= 11 is 0. The van der Waals surface area contributed by atoms with Gasteiger partial charge in [0.1, 0.15) is 11.9 Å². The van der Waals surface area contributed by atoms with Crippen molar-refractivity contribution in [2.75, 3.05) is 16.8 Å². The molecule has 0 unspecified atom stereocenters. The lowest BCUT2D eigenvalue weighted by Crippen LogP contribution is -2.30. The minimum atomic E-state index is -0.0976. The van der Waals surface area contributed by atoms with Gasteiger partial charge in [-0.25, -0.2) is 4.98 Å². The van der Waals surface area contributed by atoms with Gasteiger partial charge in [-0.15, -0.1) is 0 Å². The molecular formula is C22H20N4O. The second-order valence-corrected chi connectivity index (χ2v) is 6.10. The third-order valence-electron chi connectivity index (χ3n) is 4.20. The van der Waals surface area contributed by atoms with Gasteiger partial charge in [0.05, 0.1) is 16.8 Å². The molecule has 0 saturated heterocycles. The van der Waals surface area contributed by atoms with E-state index in [0.29, 0.717) is 29.2 Å². The maximum absolute atomic E-state index is 12.9. The van der Waals surface area contributed by atoms with E-state index in [0.717, 1.165) is 11.3 Å². The summed E-state index contributed by atoms with van der Waals surface area (Å²) in [6.45, 7) is 4.52. The van der Waals surface area contributed by atoms with Gasteiger partial charge in [0, 0.05) is 18.4 Å². The van der Waals surface area contributed by atoms with Crippen LogP contribution >= 0.6 is 0 Å². The number of pyridine rings is 1. The van der Waals surface area contributed by atoms with E-state index >= 15 is 0 Å². The third kappa shape index (κ3) is 4.13. The van der Waals surface area contributed by atoms with Gasteiger partial charge < -0.3 is 10.2 Å². The molecule has 3 rings (SSSR count). The number of nitrogens with zero attached hydrogens (tertiary/aromatic N) is 3. The van der Waals surface area contributed by atoms with Gasteiger partial charge >= 0.3 is 0 Å². The minimum absolute atomic E-state index is 0.0976. The number of aromatic nitrogens is 1. The van der Waals surface area contributed by atoms with Crippen LogP contribution in [0.3, 0.4) is 0 Å². The summed E-state index contributed by atoms with van der Waals surface area (Å²) in [5.74, 6) is 0.479. The van der Waals surface area contributed by atoms with Crippen LogP contribution in [0.5, 0.6) is 0 Å². The Bertz CT molecular complexity index is 990. The van der Waals surface area contributed by atoms with Gasteiger partial charge in [-0.05, 0) is 55.8 Å². The molecule has 1 heterocycles. The molecule has 0 spiro atoms. The molecule has 0 saturated carbocycles. The first-order valence-electron chi connectivity index (χ1n) is 8.73. The zero-order valence-electron chi connectivity index (χ0n) is 15.3. The van der Waals surface area contributed by atoms with Crippen molar-refractivity contribution in [3.05, 3.63) is 83.6 Å². The third-order valence-corrected chi connectivity index (χ3v) is 4.20. The number of benzene rings is 2. The fourth-order valence-electron chi connectivity index (χ4n) is 2.82. The molecule has 0 fully saturated rings. The number of anilines is 3. The number of hydrogen-bond donors (Lipinski definition) is 1. The minimum Gasteiger partial charge on any atom is -0.339 e. The van der Waals surface area contributed by atoms with Crippen LogP contribution in [-0.4, -0.2) is 17.4 Å². The average Bonchev–Trinajstić information content (AvgIpc) is 2.69. The Labute approximate surface area is 158 Å². The summed E-state index contributed by atoms with van der Waals surface area (Å²) in [7, 11) is 0. The highest BCUT2D eigenvalue weighted by molar-refractivity contribution is 6.06. The van der Waals surface area contributed by atoms with Crippen LogP contribution in [0.4, 0.5) is 17.2 Å². The maximum atomic E-state index is 12.9. The molecule has 0 aliphatic carbocycles. The molecule has 5 heteroatoms. The Hall–Kier alpha value is -3.65. The van der Waals surface area contributed by atoms with E-state index in [9.17, 15) is 4.79 Å². The molecule has 27 heavy (non-hydrogen) atoms. The summed E-state index contributed by atoms with van der Waals surface area (Å²) in [4.78, 5) is 18.9. The quantitative estimate of drug-likeness (QED) is 0.721. The van der Waals surface area contributed by atoms with Crippen LogP contribution in [-0.2, 0) is 0 Å². The van der Waals surface area contributed by atoms with Crippen LogP contribution in [0.15, 0.2) is 66.9 Å². The molecule has 1 amide bonds. The number of rotatable bonds is 5. The van der Waals surface area contributed by atoms with E-state index in [4.69, 9.17) is 5.26 Å². The monoisotopic (exact) mass is 356 g/mol. The van der Waals surface area contributed by atoms with Gasteiger partial charge in [0.15, 0.2) is 0 Å². The Morgan fingerprint density at radius 3 is 2.63 bits per heavy atom. The summed E-state index contributed by atoms with van der Waals surface area (Å²) in [5, 5.41) is 12.3. The lowest BCUT2D eigenvalue weighted by atomic mass is 10.1. The topological polar surface area (TPSA) is 69.0 Å². The number of hydrogen-bond acceptors (Lipinski definition) is 4. The van der Waals surface area contributed by atoms with Crippen molar-refractivity contribution < 1.29 is 4.79 Å². The summed E-state index contributed by atoms with van der Waals surface area (Å²) in [6, 6.07) is 20.7. The normalized spacial score (nSPS) is 10.1. The summed E-state index contributed by atoms with van der Waals surface area (Å²) in [6.07, 6.45) is 1.55. The molecule has 0 atom stereocenters. The lowest BCUT2D eigenvalue weighted by Gasteiger charge is -2.21. The first-order valence-corrected chi connectivity index (χ1v) is 8.73. The van der Waals surface area contributed by atoms with Crippen molar-refractivity contribution in [2.24, 2.45) is 0 Å². The number of nitriles is 1. The highest BCUT2D eigenvalue weighted by atomic mass is 16.2. The number of amides is 1. The Morgan fingerprint density at radius 2 is 1.96 bits per heavy atom. The second kappa shape index (κ2) is 8.15. The number of carbonyl (C=O) groups is 1. The second-order valence-electron chi connectivity index (χ2n) is 6.10. The van der Waals surface area contributed by atoms with Crippen LogP contribution in [0.25, 0.3) is 0 Å². The molecule has 2 aromatic carbocycles. The van der Waals surface area contributed by atoms with E-state index in [1.165, 1.54) is 0 Å². The molecule has 0 bridgehead atoms. The lowest BCUT2D eigenvalue weighted by molar-refractivity contribution is 0.0988. The average molecular weight is 356 g/mol. The zero-order valence-corrected chi connectivity index (χ0v) is 15.3. The molecule has 0 aliphatic rings. The summed E-state index contributed by atoms with van der Waals surface area (Å²) in [5.41, 5.74) is 3.70. The van der Waals surface area contributed by atoms with Crippen molar-refractivity contribution in [3.63, 3.8) is 0 Å². The van der Waals surface area contributed by atoms with Crippen molar-refractivity contribution >= 4 is 23.1 Å². The molecule has 0 aliphatic heterocycles.